The quantitative estimate of drug-likeness (QED) is 0.864. The number of nitrogens with one attached hydrogen (secondary N) is 1. The average molecular weight is 298 g/mol. The van der Waals surface area contributed by atoms with Crippen LogP contribution in [0.25, 0.3) is 0 Å². The maximum Gasteiger partial charge on any atom is 0.242 e. The van der Waals surface area contributed by atoms with E-state index >= 15 is 0 Å². The molecule has 0 heterocycles. The topological polar surface area (TPSA) is 69.6 Å². The summed E-state index contributed by atoms with van der Waals surface area (Å²) >= 11 is 0. The number of sulfonamides is 1. The second-order valence-electron chi connectivity index (χ2n) is 5.53. The highest BCUT2D eigenvalue weighted by molar-refractivity contribution is 7.89. The fourth-order valence-electron chi connectivity index (χ4n) is 2.45. The predicted octanol–water partition coefficient (Wildman–Crippen LogP) is 1.51. The zero-order valence-corrected chi connectivity index (χ0v) is 12.7. The molecule has 2 unspecified atom stereocenters. The van der Waals surface area contributed by atoms with E-state index in [1.807, 2.05) is 0 Å². The largest absolute Gasteiger partial charge is 0.393 e. The third kappa shape index (κ3) is 3.50. The van der Waals surface area contributed by atoms with Gasteiger partial charge in [0.1, 0.15) is 0 Å². The molecular formula is C14H22N2O3S. The molecule has 0 spiro atoms. The number of benzene rings is 1. The first-order valence-corrected chi connectivity index (χ1v) is 8.28. The fourth-order valence-corrected chi connectivity index (χ4v) is 3.35. The molecule has 0 aromatic heterocycles. The Balaban J connectivity index is 1.95. The zero-order chi connectivity index (χ0) is 14.8. The van der Waals surface area contributed by atoms with Gasteiger partial charge in [-0.3, -0.25) is 0 Å². The summed E-state index contributed by atoms with van der Waals surface area (Å²) in [7, 11) is -0.318. The molecule has 1 aliphatic carbocycles. The van der Waals surface area contributed by atoms with Crippen LogP contribution in [0.1, 0.15) is 19.3 Å². The van der Waals surface area contributed by atoms with Crippen LogP contribution in [0.4, 0.5) is 5.69 Å². The van der Waals surface area contributed by atoms with Crippen LogP contribution in [0.15, 0.2) is 29.2 Å². The first-order valence-electron chi connectivity index (χ1n) is 6.84. The van der Waals surface area contributed by atoms with Crippen molar-refractivity contribution in [3.05, 3.63) is 24.3 Å². The van der Waals surface area contributed by atoms with Gasteiger partial charge in [0, 0.05) is 26.3 Å². The van der Waals surface area contributed by atoms with Crippen molar-refractivity contribution in [2.45, 2.75) is 30.3 Å². The summed E-state index contributed by atoms with van der Waals surface area (Å²) in [6, 6.07) is 6.78. The highest BCUT2D eigenvalue weighted by Crippen LogP contribution is 2.26. The Labute approximate surface area is 120 Å². The fraction of sp³-hybridized carbons (Fsp3) is 0.571. The number of aliphatic hydroxyl groups excluding tert-OH is 1. The molecule has 0 radical (unpaired) electrons. The molecule has 20 heavy (non-hydrogen) atoms. The van der Waals surface area contributed by atoms with Crippen molar-refractivity contribution in [1.82, 2.24) is 4.31 Å². The smallest absolute Gasteiger partial charge is 0.242 e. The van der Waals surface area contributed by atoms with E-state index in [1.165, 1.54) is 18.4 Å². The van der Waals surface area contributed by atoms with Crippen molar-refractivity contribution in [2.24, 2.45) is 5.92 Å². The molecule has 2 rings (SSSR count). The SMILES string of the molecule is CN(C)S(=O)(=O)c1ccc(NCC2CCC(O)C2)cc1. The summed E-state index contributed by atoms with van der Waals surface area (Å²) in [5.74, 6) is 0.496. The highest BCUT2D eigenvalue weighted by atomic mass is 32.2. The van der Waals surface area contributed by atoms with Crippen molar-refractivity contribution in [1.29, 1.82) is 0 Å². The Kier molecular flexibility index (Phi) is 4.67. The van der Waals surface area contributed by atoms with Crippen LogP contribution >= 0.6 is 0 Å². The minimum atomic E-state index is -3.36. The van der Waals surface area contributed by atoms with Gasteiger partial charge in [-0.1, -0.05) is 0 Å². The third-order valence-corrected chi connectivity index (χ3v) is 5.57. The number of nitrogens with zero attached hydrogens (tertiary/aromatic N) is 1. The molecule has 0 bridgehead atoms. The Morgan fingerprint density at radius 1 is 1.25 bits per heavy atom. The van der Waals surface area contributed by atoms with Crippen LogP contribution in [0, 0.1) is 5.92 Å². The van der Waals surface area contributed by atoms with Crippen LogP contribution in [0.3, 0.4) is 0 Å². The lowest BCUT2D eigenvalue weighted by molar-refractivity contribution is 0.178. The van der Waals surface area contributed by atoms with Gasteiger partial charge in [0.25, 0.3) is 0 Å². The summed E-state index contributed by atoms with van der Waals surface area (Å²) < 4.78 is 25.1. The number of hydrogen-bond donors (Lipinski definition) is 2. The lowest BCUT2D eigenvalue weighted by atomic mass is 10.1. The van der Waals surface area contributed by atoms with E-state index in [0.29, 0.717) is 10.8 Å². The summed E-state index contributed by atoms with van der Waals surface area (Å²) in [6.07, 6.45) is 2.61. The van der Waals surface area contributed by atoms with Crippen molar-refractivity contribution >= 4 is 15.7 Å². The van der Waals surface area contributed by atoms with Crippen LogP contribution in [0.5, 0.6) is 0 Å². The molecule has 2 atom stereocenters. The third-order valence-electron chi connectivity index (χ3n) is 3.74. The number of anilines is 1. The van der Waals surface area contributed by atoms with Crippen molar-refractivity contribution in [2.75, 3.05) is 26.0 Å². The van der Waals surface area contributed by atoms with Crippen molar-refractivity contribution in [3.63, 3.8) is 0 Å². The van der Waals surface area contributed by atoms with Crippen LogP contribution in [-0.2, 0) is 10.0 Å². The van der Waals surface area contributed by atoms with E-state index in [2.05, 4.69) is 5.32 Å². The Bertz CT molecular complexity index is 540. The van der Waals surface area contributed by atoms with Gasteiger partial charge in [0.05, 0.1) is 11.0 Å². The molecule has 1 aromatic carbocycles. The first-order chi connectivity index (χ1) is 9.39. The molecule has 1 saturated carbocycles. The van der Waals surface area contributed by atoms with Crippen LogP contribution < -0.4 is 5.32 Å². The molecule has 1 aliphatic rings. The van der Waals surface area contributed by atoms with Gasteiger partial charge in [-0.25, -0.2) is 12.7 Å². The van der Waals surface area contributed by atoms with Gasteiger partial charge in [-0.2, -0.15) is 0 Å². The maximum atomic E-state index is 11.9. The molecular weight excluding hydrogens is 276 g/mol. The number of hydrogen-bond acceptors (Lipinski definition) is 4. The number of aliphatic hydroxyl groups is 1. The highest BCUT2D eigenvalue weighted by Gasteiger charge is 2.22. The molecule has 1 fully saturated rings. The minimum absolute atomic E-state index is 0.158. The predicted molar refractivity (Wildman–Crippen MR) is 79.2 cm³/mol. The molecule has 6 heteroatoms. The van der Waals surface area contributed by atoms with E-state index in [9.17, 15) is 13.5 Å². The average Bonchev–Trinajstić information content (AvgIpc) is 2.82. The summed E-state index contributed by atoms with van der Waals surface area (Å²) in [5, 5.41) is 12.8. The Morgan fingerprint density at radius 2 is 1.90 bits per heavy atom. The molecule has 112 valence electrons. The van der Waals surface area contributed by atoms with E-state index in [0.717, 1.165) is 31.5 Å². The summed E-state index contributed by atoms with van der Waals surface area (Å²) in [6.45, 7) is 0.816. The van der Waals surface area contributed by atoms with Crippen LogP contribution in [0.2, 0.25) is 0 Å². The van der Waals surface area contributed by atoms with Gasteiger partial charge in [-0.15, -0.1) is 0 Å². The standard InChI is InChI=1S/C14H22N2O3S/c1-16(2)20(18,19)14-7-4-12(5-8-14)15-10-11-3-6-13(17)9-11/h4-5,7-8,11,13,15,17H,3,6,9-10H2,1-2H3. The lowest BCUT2D eigenvalue weighted by Crippen LogP contribution is -2.22. The molecule has 2 N–H and O–H groups in total. The van der Waals surface area contributed by atoms with Gasteiger partial charge in [0.2, 0.25) is 10.0 Å². The summed E-state index contributed by atoms with van der Waals surface area (Å²) in [5.41, 5.74) is 0.907. The van der Waals surface area contributed by atoms with E-state index in [4.69, 9.17) is 0 Å². The van der Waals surface area contributed by atoms with Crippen molar-refractivity contribution in [3.8, 4) is 0 Å². The van der Waals surface area contributed by atoms with Crippen LogP contribution in [-0.4, -0.2) is 44.6 Å². The normalized spacial score (nSPS) is 23.2. The Hall–Kier alpha value is -1.11. The minimum Gasteiger partial charge on any atom is -0.393 e. The second kappa shape index (κ2) is 6.11. The van der Waals surface area contributed by atoms with E-state index in [1.54, 1.807) is 24.3 Å². The second-order valence-corrected chi connectivity index (χ2v) is 7.68. The van der Waals surface area contributed by atoms with Gasteiger partial charge >= 0.3 is 0 Å². The molecule has 0 saturated heterocycles. The molecule has 1 aromatic rings. The maximum absolute atomic E-state index is 11.9. The van der Waals surface area contributed by atoms with Gasteiger partial charge in [-0.05, 0) is 49.4 Å². The van der Waals surface area contributed by atoms with E-state index < -0.39 is 10.0 Å². The van der Waals surface area contributed by atoms with E-state index in [-0.39, 0.29) is 6.10 Å². The summed E-state index contributed by atoms with van der Waals surface area (Å²) in [4.78, 5) is 0.296. The van der Waals surface area contributed by atoms with Crippen molar-refractivity contribution < 1.29 is 13.5 Å². The first kappa shape index (κ1) is 15.3. The van der Waals surface area contributed by atoms with Gasteiger partial charge < -0.3 is 10.4 Å². The number of rotatable bonds is 5. The van der Waals surface area contributed by atoms with Gasteiger partial charge in [0.15, 0.2) is 0 Å². The Morgan fingerprint density at radius 3 is 2.40 bits per heavy atom. The lowest BCUT2D eigenvalue weighted by Gasteiger charge is -2.14. The monoisotopic (exact) mass is 298 g/mol. The molecule has 0 aliphatic heterocycles. The molecule has 5 nitrogen and oxygen atoms in total. The molecule has 0 amide bonds. The zero-order valence-electron chi connectivity index (χ0n) is 11.9.